The predicted molar refractivity (Wildman–Crippen MR) is 69.2 cm³/mol. The van der Waals surface area contributed by atoms with Gasteiger partial charge in [0.1, 0.15) is 0 Å². The third kappa shape index (κ3) is 1.86. The van der Waals surface area contributed by atoms with Gasteiger partial charge in [-0.3, -0.25) is 0 Å². The Balaban J connectivity index is 2.18. The minimum atomic E-state index is -0.705. The fraction of sp³-hybridized carbons (Fsp3) is 0.385. The van der Waals surface area contributed by atoms with Gasteiger partial charge in [0.15, 0.2) is 0 Å². The average Bonchev–Trinajstić information content (AvgIpc) is 3.11. The van der Waals surface area contributed by atoms with Crippen molar-refractivity contribution in [3.63, 3.8) is 0 Å². The Labute approximate surface area is 110 Å². The summed E-state index contributed by atoms with van der Waals surface area (Å²) in [6.45, 7) is 0. The predicted octanol–water partition coefficient (Wildman–Crippen LogP) is 2.48. The van der Waals surface area contributed by atoms with E-state index in [0.29, 0.717) is 11.6 Å². The highest BCUT2D eigenvalue weighted by Gasteiger charge is 2.27. The van der Waals surface area contributed by atoms with E-state index < -0.39 is 6.10 Å². The highest BCUT2D eigenvalue weighted by Crippen LogP contribution is 2.39. The van der Waals surface area contributed by atoms with Crippen molar-refractivity contribution < 1.29 is 5.11 Å². The van der Waals surface area contributed by atoms with Gasteiger partial charge in [0.2, 0.25) is 5.28 Å². The number of terminal acetylenes is 1. The molecule has 0 amide bonds. The quantitative estimate of drug-likeness (QED) is 0.682. The molecular weight excluding hydrogens is 250 g/mol. The maximum absolute atomic E-state index is 10.1. The third-order valence-corrected chi connectivity index (χ3v) is 3.36. The van der Waals surface area contributed by atoms with Crippen LogP contribution in [-0.2, 0) is 0 Å². The van der Waals surface area contributed by atoms with Crippen LogP contribution in [0.5, 0.6) is 0 Å². The molecule has 0 aromatic carbocycles. The van der Waals surface area contributed by atoms with E-state index >= 15 is 0 Å². The van der Waals surface area contributed by atoms with Crippen LogP contribution in [0.25, 0.3) is 11.0 Å². The molecule has 0 bridgehead atoms. The smallest absolute Gasteiger partial charge is 0.223 e. The first-order valence-electron chi connectivity index (χ1n) is 5.85. The number of nitrogens with zero attached hydrogens (tertiary/aromatic N) is 3. The maximum atomic E-state index is 10.1. The number of aromatic nitrogens is 3. The summed E-state index contributed by atoms with van der Waals surface area (Å²) in [6.07, 6.45) is 10.7. The van der Waals surface area contributed by atoms with Crippen LogP contribution < -0.4 is 0 Å². The largest absolute Gasteiger partial charge is 0.387 e. The van der Waals surface area contributed by atoms with Gasteiger partial charge in [0, 0.05) is 24.2 Å². The highest BCUT2D eigenvalue weighted by atomic mass is 35.5. The van der Waals surface area contributed by atoms with Gasteiger partial charge >= 0.3 is 0 Å². The molecular formula is C13H12ClN3O. The SMILES string of the molecule is C#CCC(O)c1cn(C2CC2)c2cnc(Cl)nc12. The standard InChI is InChI=1S/C13H12ClN3O/c1-2-3-11(18)9-7-17(8-4-5-8)10-6-15-13(14)16-12(9)10/h1,6-8,11,18H,3-5H2. The molecule has 18 heavy (non-hydrogen) atoms. The summed E-state index contributed by atoms with van der Waals surface area (Å²) in [7, 11) is 0. The van der Waals surface area contributed by atoms with Gasteiger partial charge in [0.25, 0.3) is 0 Å². The van der Waals surface area contributed by atoms with Gasteiger partial charge in [-0.05, 0) is 24.4 Å². The Kier molecular flexibility index (Phi) is 2.73. The van der Waals surface area contributed by atoms with Crippen molar-refractivity contribution >= 4 is 22.6 Å². The Morgan fingerprint density at radius 2 is 2.39 bits per heavy atom. The third-order valence-electron chi connectivity index (χ3n) is 3.18. The Bertz CT molecular complexity index is 639. The number of aliphatic hydroxyl groups is 1. The summed E-state index contributed by atoms with van der Waals surface area (Å²) in [4.78, 5) is 8.22. The summed E-state index contributed by atoms with van der Waals surface area (Å²) in [5.41, 5.74) is 2.34. The summed E-state index contributed by atoms with van der Waals surface area (Å²) < 4.78 is 2.11. The van der Waals surface area contributed by atoms with E-state index in [2.05, 4.69) is 20.5 Å². The van der Waals surface area contributed by atoms with Crippen LogP contribution in [0.1, 0.15) is 37.0 Å². The van der Waals surface area contributed by atoms with E-state index in [9.17, 15) is 5.11 Å². The lowest BCUT2D eigenvalue weighted by molar-refractivity contribution is 0.185. The topological polar surface area (TPSA) is 50.9 Å². The first kappa shape index (κ1) is 11.5. The van der Waals surface area contributed by atoms with Gasteiger partial charge in [0.05, 0.1) is 23.3 Å². The highest BCUT2D eigenvalue weighted by molar-refractivity contribution is 6.28. The summed E-state index contributed by atoms with van der Waals surface area (Å²) in [5.74, 6) is 2.46. The molecule has 1 aliphatic carbocycles. The fourth-order valence-electron chi connectivity index (χ4n) is 2.16. The molecule has 0 radical (unpaired) electrons. The molecule has 5 heteroatoms. The number of fused-ring (bicyclic) bond motifs is 1. The van der Waals surface area contributed by atoms with Crippen LogP contribution in [0.4, 0.5) is 0 Å². The van der Waals surface area contributed by atoms with Crippen LogP contribution >= 0.6 is 11.6 Å². The number of halogens is 1. The molecule has 1 aliphatic rings. The molecule has 1 atom stereocenters. The summed E-state index contributed by atoms with van der Waals surface area (Å²) in [6, 6.07) is 0.490. The second kappa shape index (κ2) is 4.27. The lowest BCUT2D eigenvalue weighted by Gasteiger charge is -2.04. The number of hydrogen-bond acceptors (Lipinski definition) is 3. The van der Waals surface area contributed by atoms with Crippen molar-refractivity contribution in [2.24, 2.45) is 0 Å². The second-order valence-corrected chi connectivity index (χ2v) is 4.86. The van der Waals surface area contributed by atoms with Gasteiger partial charge < -0.3 is 9.67 Å². The lowest BCUT2D eigenvalue weighted by atomic mass is 10.1. The summed E-state index contributed by atoms with van der Waals surface area (Å²) in [5, 5.41) is 10.3. The van der Waals surface area contributed by atoms with Gasteiger partial charge in [-0.15, -0.1) is 12.3 Å². The zero-order valence-electron chi connectivity index (χ0n) is 9.67. The minimum Gasteiger partial charge on any atom is -0.387 e. The van der Waals surface area contributed by atoms with Crippen LogP contribution in [0, 0.1) is 12.3 Å². The molecule has 2 aromatic heterocycles. The lowest BCUT2D eigenvalue weighted by Crippen LogP contribution is -1.95. The first-order valence-corrected chi connectivity index (χ1v) is 6.23. The van der Waals surface area contributed by atoms with E-state index in [-0.39, 0.29) is 11.7 Å². The molecule has 0 saturated heterocycles. The van der Waals surface area contributed by atoms with Crippen LogP contribution in [0.3, 0.4) is 0 Å². The monoisotopic (exact) mass is 261 g/mol. The van der Waals surface area contributed by atoms with E-state index in [4.69, 9.17) is 18.0 Å². The Morgan fingerprint density at radius 1 is 1.61 bits per heavy atom. The normalized spacial score (nSPS) is 16.7. The van der Waals surface area contributed by atoms with Gasteiger partial charge in [-0.1, -0.05) is 0 Å². The Hall–Kier alpha value is -1.57. The van der Waals surface area contributed by atoms with Crippen molar-refractivity contribution in [3.8, 4) is 12.3 Å². The second-order valence-electron chi connectivity index (χ2n) is 4.52. The van der Waals surface area contributed by atoms with E-state index in [1.807, 2.05) is 6.20 Å². The Morgan fingerprint density at radius 3 is 3.06 bits per heavy atom. The number of rotatable bonds is 3. The molecule has 0 aliphatic heterocycles. The van der Waals surface area contributed by atoms with Crippen molar-refractivity contribution in [3.05, 3.63) is 23.2 Å². The van der Waals surface area contributed by atoms with Crippen molar-refractivity contribution in [1.82, 2.24) is 14.5 Å². The van der Waals surface area contributed by atoms with E-state index in [0.717, 1.165) is 23.9 Å². The molecule has 3 rings (SSSR count). The molecule has 2 aromatic rings. The summed E-state index contributed by atoms with van der Waals surface area (Å²) >= 11 is 5.82. The number of aliphatic hydroxyl groups excluding tert-OH is 1. The molecule has 0 spiro atoms. The zero-order chi connectivity index (χ0) is 12.7. The average molecular weight is 262 g/mol. The first-order chi connectivity index (χ1) is 8.70. The molecule has 1 N–H and O–H groups in total. The van der Waals surface area contributed by atoms with Crippen LogP contribution in [-0.4, -0.2) is 19.6 Å². The van der Waals surface area contributed by atoms with Gasteiger partial charge in [-0.2, -0.15) is 0 Å². The molecule has 92 valence electrons. The number of hydrogen-bond donors (Lipinski definition) is 1. The zero-order valence-corrected chi connectivity index (χ0v) is 10.4. The van der Waals surface area contributed by atoms with Crippen LogP contribution in [0.15, 0.2) is 12.4 Å². The molecule has 4 nitrogen and oxygen atoms in total. The van der Waals surface area contributed by atoms with Gasteiger partial charge in [-0.25, -0.2) is 9.97 Å². The van der Waals surface area contributed by atoms with Crippen LogP contribution in [0.2, 0.25) is 5.28 Å². The minimum absolute atomic E-state index is 0.185. The van der Waals surface area contributed by atoms with Crippen molar-refractivity contribution in [2.45, 2.75) is 31.4 Å². The molecule has 1 fully saturated rings. The molecule has 2 heterocycles. The molecule has 1 unspecified atom stereocenters. The molecule has 1 saturated carbocycles. The van der Waals surface area contributed by atoms with Crippen molar-refractivity contribution in [2.75, 3.05) is 0 Å². The van der Waals surface area contributed by atoms with E-state index in [1.54, 1.807) is 6.20 Å². The fourth-order valence-corrected chi connectivity index (χ4v) is 2.29. The van der Waals surface area contributed by atoms with E-state index in [1.165, 1.54) is 0 Å². The van der Waals surface area contributed by atoms with Crippen molar-refractivity contribution in [1.29, 1.82) is 0 Å². The maximum Gasteiger partial charge on any atom is 0.223 e.